The summed E-state index contributed by atoms with van der Waals surface area (Å²) in [6.07, 6.45) is -4.65. The smallest absolute Gasteiger partial charge is 0.355 e. The van der Waals surface area contributed by atoms with E-state index in [1.54, 1.807) is 62.4 Å². The third-order valence-electron chi connectivity index (χ3n) is 7.21. The molecule has 0 radical (unpaired) electrons. The summed E-state index contributed by atoms with van der Waals surface area (Å²) in [7, 11) is -4.55. The predicted octanol–water partition coefficient (Wildman–Crippen LogP) is 6.75. The summed E-state index contributed by atoms with van der Waals surface area (Å²) in [6.45, 7) is 2.84. The first-order valence-electron chi connectivity index (χ1n) is 14.4. The fraction of sp³-hybridized carbons (Fsp3) is 0.235. The van der Waals surface area contributed by atoms with Crippen LogP contribution in [0.1, 0.15) is 29.2 Å². The minimum Gasteiger partial charge on any atom is -0.355 e. The van der Waals surface area contributed by atoms with Crippen molar-refractivity contribution in [2.24, 2.45) is 0 Å². The van der Waals surface area contributed by atoms with Crippen LogP contribution in [0.5, 0.6) is 0 Å². The normalized spacial score (nSPS) is 12.3. The van der Waals surface area contributed by atoms with Gasteiger partial charge in [0.15, 0.2) is 0 Å². The number of likely N-dealkylation sites (N-methyl/N-ethyl adjacent to an activating group) is 1. The first-order chi connectivity index (χ1) is 21.8. The third kappa shape index (κ3) is 8.76. The van der Waals surface area contributed by atoms with E-state index in [0.29, 0.717) is 15.9 Å². The second-order valence-corrected chi connectivity index (χ2v) is 13.4. The average Bonchev–Trinajstić information content (AvgIpc) is 3.02. The Bertz CT molecular complexity index is 1770. The van der Waals surface area contributed by atoms with Crippen LogP contribution in [0.25, 0.3) is 0 Å². The van der Waals surface area contributed by atoms with Crippen LogP contribution in [-0.4, -0.2) is 44.3 Å². The van der Waals surface area contributed by atoms with E-state index in [-0.39, 0.29) is 30.1 Å². The number of sulfonamides is 1. The fourth-order valence-electron chi connectivity index (χ4n) is 4.88. The molecule has 0 unspecified atom stereocenters. The zero-order valence-corrected chi connectivity index (χ0v) is 27.6. The van der Waals surface area contributed by atoms with Crippen LogP contribution in [0.4, 0.5) is 18.9 Å². The van der Waals surface area contributed by atoms with Crippen molar-refractivity contribution in [3.05, 3.63) is 130 Å². The lowest BCUT2D eigenvalue weighted by atomic mass is 10.0. The highest BCUT2D eigenvalue weighted by Crippen LogP contribution is 2.33. The summed E-state index contributed by atoms with van der Waals surface area (Å²) in [5.41, 5.74) is 0.761. The number of rotatable bonds is 12. The SMILES string of the molecule is CCNC(=O)[C@H](Cc1ccccc1)N(Cc1cccc(Br)c1)C(=O)CN(c1cccc(C(F)(F)F)c1)S(=O)(=O)c1ccc(C)cc1. The van der Waals surface area contributed by atoms with Gasteiger partial charge < -0.3 is 10.2 Å². The summed E-state index contributed by atoms with van der Waals surface area (Å²) >= 11 is 3.42. The number of nitrogens with zero attached hydrogens (tertiary/aromatic N) is 2. The van der Waals surface area contributed by atoms with E-state index < -0.39 is 46.2 Å². The van der Waals surface area contributed by atoms with E-state index in [1.165, 1.54) is 23.1 Å². The maximum atomic E-state index is 14.4. The van der Waals surface area contributed by atoms with Gasteiger partial charge in [0, 0.05) is 24.0 Å². The quantitative estimate of drug-likeness (QED) is 0.176. The molecule has 4 rings (SSSR count). The van der Waals surface area contributed by atoms with Gasteiger partial charge in [-0.15, -0.1) is 0 Å². The Morgan fingerprint density at radius 2 is 1.52 bits per heavy atom. The van der Waals surface area contributed by atoms with Gasteiger partial charge in [-0.2, -0.15) is 13.2 Å². The number of aryl methyl sites for hydroxylation is 1. The van der Waals surface area contributed by atoms with Crippen molar-refractivity contribution in [3.8, 4) is 0 Å². The highest BCUT2D eigenvalue weighted by Gasteiger charge is 2.36. The van der Waals surface area contributed by atoms with Crippen molar-refractivity contribution in [2.45, 2.75) is 43.9 Å². The number of hydrogen-bond donors (Lipinski definition) is 1. The molecule has 0 saturated heterocycles. The Morgan fingerprint density at radius 1 is 0.870 bits per heavy atom. The molecule has 0 aliphatic carbocycles. The fourth-order valence-corrected chi connectivity index (χ4v) is 6.73. The summed E-state index contributed by atoms with van der Waals surface area (Å²) in [4.78, 5) is 29.0. The standard InChI is InChI=1S/C34H33BrF3N3O4S/c1-3-39-33(43)31(20-25-9-5-4-6-10-25)40(22-26-11-7-13-28(35)19-26)32(42)23-41(29-14-8-12-27(21-29)34(36,37)38)46(44,45)30-17-15-24(2)16-18-30/h4-19,21,31H,3,20,22-23H2,1-2H3,(H,39,43)/t31-/m0/s1. The maximum Gasteiger partial charge on any atom is 0.416 e. The van der Waals surface area contributed by atoms with E-state index in [2.05, 4.69) is 21.2 Å². The van der Waals surface area contributed by atoms with Gasteiger partial charge >= 0.3 is 6.18 Å². The lowest BCUT2D eigenvalue weighted by molar-refractivity contribution is -0.140. The van der Waals surface area contributed by atoms with Crippen LogP contribution in [-0.2, 0) is 38.8 Å². The van der Waals surface area contributed by atoms with E-state index in [1.807, 2.05) is 18.2 Å². The Labute approximate surface area is 275 Å². The average molecular weight is 717 g/mol. The summed E-state index contributed by atoms with van der Waals surface area (Å²) in [5, 5.41) is 2.77. The summed E-state index contributed by atoms with van der Waals surface area (Å²) in [5.74, 6) is -1.23. The zero-order chi connectivity index (χ0) is 33.5. The van der Waals surface area contributed by atoms with Gasteiger partial charge in [-0.05, 0) is 67.4 Å². The van der Waals surface area contributed by atoms with Crippen molar-refractivity contribution in [1.29, 1.82) is 0 Å². The Morgan fingerprint density at radius 3 is 2.15 bits per heavy atom. The Hall–Kier alpha value is -4.16. The van der Waals surface area contributed by atoms with Crippen LogP contribution in [0, 0.1) is 6.92 Å². The molecule has 46 heavy (non-hydrogen) atoms. The van der Waals surface area contributed by atoms with Crippen molar-refractivity contribution in [3.63, 3.8) is 0 Å². The topological polar surface area (TPSA) is 86.8 Å². The number of hydrogen-bond acceptors (Lipinski definition) is 4. The molecule has 0 bridgehead atoms. The lowest BCUT2D eigenvalue weighted by Gasteiger charge is -2.34. The van der Waals surface area contributed by atoms with Gasteiger partial charge in [-0.1, -0.05) is 82.2 Å². The van der Waals surface area contributed by atoms with Crippen molar-refractivity contribution in [1.82, 2.24) is 10.2 Å². The number of nitrogens with one attached hydrogen (secondary N) is 1. The molecule has 4 aromatic carbocycles. The molecule has 242 valence electrons. The largest absolute Gasteiger partial charge is 0.416 e. The third-order valence-corrected chi connectivity index (χ3v) is 9.49. The molecule has 0 aliphatic heterocycles. The number of anilines is 1. The minimum atomic E-state index is -4.76. The monoisotopic (exact) mass is 715 g/mol. The first kappa shape index (κ1) is 34.7. The predicted molar refractivity (Wildman–Crippen MR) is 174 cm³/mol. The van der Waals surface area contributed by atoms with Crippen molar-refractivity contribution >= 4 is 43.5 Å². The summed E-state index contributed by atoms with van der Waals surface area (Å²) in [6, 6.07) is 24.7. The highest BCUT2D eigenvalue weighted by atomic mass is 79.9. The van der Waals surface area contributed by atoms with Gasteiger partial charge in [0.1, 0.15) is 12.6 Å². The van der Waals surface area contributed by atoms with Crippen LogP contribution in [0.15, 0.2) is 112 Å². The van der Waals surface area contributed by atoms with Gasteiger partial charge in [0.05, 0.1) is 16.1 Å². The number of carbonyl (C=O) groups is 2. The maximum absolute atomic E-state index is 14.4. The molecule has 0 heterocycles. The second-order valence-electron chi connectivity index (χ2n) is 10.6. The van der Waals surface area contributed by atoms with Gasteiger partial charge in [-0.25, -0.2) is 8.42 Å². The zero-order valence-electron chi connectivity index (χ0n) is 25.2. The van der Waals surface area contributed by atoms with Crippen molar-refractivity contribution in [2.75, 3.05) is 17.4 Å². The molecule has 0 saturated carbocycles. The molecule has 1 atom stereocenters. The van der Waals surface area contributed by atoms with E-state index >= 15 is 0 Å². The molecular weight excluding hydrogens is 683 g/mol. The van der Waals surface area contributed by atoms with Gasteiger partial charge in [0.2, 0.25) is 11.8 Å². The molecule has 2 amide bonds. The number of benzene rings is 4. The molecule has 0 aliphatic rings. The number of amides is 2. The molecule has 12 heteroatoms. The molecule has 0 fully saturated rings. The van der Waals surface area contributed by atoms with Crippen LogP contribution in [0.2, 0.25) is 0 Å². The molecule has 1 N–H and O–H groups in total. The Kier molecular flexibility index (Phi) is 11.3. The lowest BCUT2D eigenvalue weighted by Crippen LogP contribution is -2.53. The first-order valence-corrected chi connectivity index (χ1v) is 16.6. The number of alkyl halides is 3. The van der Waals surface area contributed by atoms with E-state index in [4.69, 9.17) is 0 Å². The minimum absolute atomic E-state index is 0.0755. The van der Waals surface area contributed by atoms with Crippen LogP contribution >= 0.6 is 15.9 Å². The number of halogens is 4. The van der Waals surface area contributed by atoms with Gasteiger partial charge in [0.25, 0.3) is 10.0 Å². The van der Waals surface area contributed by atoms with E-state index in [0.717, 1.165) is 27.7 Å². The van der Waals surface area contributed by atoms with Crippen LogP contribution in [0.3, 0.4) is 0 Å². The Balaban J connectivity index is 1.84. The molecule has 0 aromatic heterocycles. The van der Waals surface area contributed by atoms with Crippen LogP contribution < -0.4 is 9.62 Å². The molecule has 0 spiro atoms. The van der Waals surface area contributed by atoms with E-state index in [9.17, 15) is 31.2 Å². The highest BCUT2D eigenvalue weighted by molar-refractivity contribution is 9.10. The molecule has 4 aromatic rings. The molecular formula is C34H33BrF3N3O4S. The van der Waals surface area contributed by atoms with Gasteiger partial charge in [-0.3, -0.25) is 13.9 Å². The second kappa shape index (κ2) is 15.0. The molecule has 7 nitrogen and oxygen atoms in total. The number of carbonyl (C=O) groups excluding carboxylic acids is 2. The van der Waals surface area contributed by atoms with Crippen molar-refractivity contribution < 1.29 is 31.2 Å². The summed E-state index contributed by atoms with van der Waals surface area (Å²) < 4.78 is 70.7.